The molecule has 0 spiro atoms. The fourth-order valence-corrected chi connectivity index (χ4v) is 1.38. The molecule has 15 heavy (non-hydrogen) atoms. The first-order valence-corrected chi connectivity index (χ1v) is 4.66. The van der Waals surface area contributed by atoms with Crippen molar-refractivity contribution in [1.29, 1.82) is 0 Å². The molecule has 0 amide bonds. The molecule has 0 heterocycles. The van der Waals surface area contributed by atoms with Gasteiger partial charge < -0.3 is 10.5 Å². The summed E-state index contributed by atoms with van der Waals surface area (Å²) in [4.78, 5) is 10.8. The fourth-order valence-electron chi connectivity index (χ4n) is 1.38. The van der Waals surface area contributed by atoms with Crippen LogP contribution in [0.3, 0.4) is 0 Å². The van der Waals surface area contributed by atoms with E-state index >= 15 is 0 Å². The molecule has 3 nitrogen and oxygen atoms in total. The summed E-state index contributed by atoms with van der Waals surface area (Å²) in [6, 6.07) is -1.21. The molecule has 0 aromatic carbocycles. The van der Waals surface area contributed by atoms with Crippen molar-refractivity contribution in [3.63, 3.8) is 0 Å². The summed E-state index contributed by atoms with van der Waals surface area (Å²) in [5, 5.41) is 0. The van der Waals surface area contributed by atoms with Crippen molar-refractivity contribution in [2.24, 2.45) is 11.7 Å². The topological polar surface area (TPSA) is 52.3 Å². The first kappa shape index (κ1) is 14.6. The van der Waals surface area contributed by atoms with Crippen molar-refractivity contribution < 1.29 is 18.3 Å². The summed E-state index contributed by atoms with van der Waals surface area (Å²) in [7, 11) is 1.14. The highest BCUT2D eigenvalue weighted by Gasteiger charge is 2.39. The number of nitrogens with two attached hydrogens (primary N) is 1. The van der Waals surface area contributed by atoms with Gasteiger partial charge in [0.25, 0.3) is 5.92 Å². The molecule has 0 aromatic rings. The number of esters is 1. The lowest BCUT2D eigenvalue weighted by atomic mass is 10.0. The van der Waals surface area contributed by atoms with E-state index in [2.05, 4.69) is 4.74 Å². The predicted octanol–water partition coefficient (Wildman–Crippen LogP) is 1.73. The number of rotatable bonds is 5. The Balaban J connectivity index is 0.00000196. The van der Waals surface area contributed by atoms with E-state index in [1.54, 1.807) is 0 Å². The Hall–Kier alpha value is -0.420. The molecule has 1 saturated carbocycles. The fraction of sp³-hybridized carbons (Fsp3) is 0.889. The van der Waals surface area contributed by atoms with Crippen LogP contribution < -0.4 is 5.73 Å². The molecule has 0 aromatic heterocycles. The van der Waals surface area contributed by atoms with Gasteiger partial charge in [-0.05, 0) is 18.8 Å². The van der Waals surface area contributed by atoms with Crippen LogP contribution in [0.25, 0.3) is 0 Å². The van der Waals surface area contributed by atoms with Gasteiger partial charge in [-0.1, -0.05) is 0 Å². The van der Waals surface area contributed by atoms with Gasteiger partial charge in [-0.2, -0.15) is 0 Å². The van der Waals surface area contributed by atoms with E-state index < -0.39 is 24.4 Å². The number of hydrogen-bond donors (Lipinski definition) is 1. The number of ether oxygens (including phenoxy) is 1. The molecule has 1 fully saturated rings. The molecule has 1 unspecified atom stereocenters. The number of carbonyl (C=O) groups excluding carboxylic acids is 1. The minimum Gasteiger partial charge on any atom is -0.468 e. The molecule has 0 bridgehead atoms. The number of alkyl halides is 2. The molecule has 1 rings (SSSR count). The zero-order chi connectivity index (χ0) is 10.8. The molecule has 90 valence electrons. The van der Waals surface area contributed by atoms with Crippen molar-refractivity contribution >= 4 is 18.4 Å². The highest BCUT2D eigenvalue weighted by molar-refractivity contribution is 5.85. The molecular formula is C9H16ClF2NO2. The zero-order valence-corrected chi connectivity index (χ0v) is 9.36. The summed E-state index contributed by atoms with van der Waals surface area (Å²) in [5.41, 5.74) is 5.26. The van der Waals surface area contributed by atoms with Crippen molar-refractivity contribution in [1.82, 2.24) is 0 Å². The van der Waals surface area contributed by atoms with Crippen LogP contribution in [0.5, 0.6) is 0 Å². The quantitative estimate of drug-likeness (QED) is 0.749. The second-order valence-electron chi connectivity index (χ2n) is 3.84. The molecule has 1 aliphatic rings. The lowest BCUT2D eigenvalue weighted by Gasteiger charge is -2.18. The van der Waals surface area contributed by atoms with Crippen molar-refractivity contribution in [2.45, 2.75) is 37.6 Å². The van der Waals surface area contributed by atoms with Gasteiger partial charge in [0.05, 0.1) is 7.11 Å². The normalized spacial score (nSPS) is 17.9. The summed E-state index contributed by atoms with van der Waals surface area (Å²) >= 11 is 0. The third-order valence-electron chi connectivity index (χ3n) is 2.31. The lowest BCUT2D eigenvalue weighted by Crippen LogP contribution is -2.37. The van der Waals surface area contributed by atoms with Gasteiger partial charge in [-0.3, -0.25) is 4.79 Å². The van der Waals surface area contributed by atoms with E-state index in [0.717, 1.165) is 20.0 Å². The largest absolute Gasteiger partial charge is 0.468 e. The SMILES string of the molecule is COC(=O)C(N)CC(F)(F)CC1CC1.Cl. The van der Waals surface area contributed by atoms with Gasteiger partial charge in [0, 0.05) is 12.8 Å². The second kappa shape index (κ2) is 5.61. The van der Waals surface area contributed by atoms with Gasteiger partial charge in [0.1, 0.15) is 6.04 Å². The Morgan fingerprint density at radius 3 is 2.53 bits per heavy atom. The number of methoxy groups -OCH3 is 1. The minimum atomic E-state index is -2.84. The van der Waals surface area contributed by atoms with Crippen LogP contribution in [0.4, 0.5) is 8.78 Å². The van der Waals surface area contributed by atoms with Crippen molar-refractivity contribution in [3.8, 4) is 0 Å². The standard InChI is InChI=1S/C9H15F2NO2.ClH/c1-14-8(13)7(12)5-9(10,11)4-6-2-3-6;/h6-7H,2-5,12H2,1H3;1H. The summed E-state index contributed by atoms with van der Waals surface area (Å²) in [6.45, 7) is 0. The van der Waals surface area contributed by atoms with Crippen LogP contribution in [-0.2, 0) is 9.53 Å². The molecule has 6 heteroatoms. The average molecular weight is 244 g/mol. The van der Waals surface area contributed by atoms with E-state index in [9.17, 15) is 13.6 Å². The van der Waals surface area contributed by atoms with E-state index in [1.165, 1.54) is 0 Å². The Bertz CT molecular complexity index is 222. The van der Waals surface area contributed by atoms with Gasteiger partial charge in [0.2, 0.25) is 0 Å². The van der Waals surface area contributed by atoms with E-state index in [0.29, 0.717) is 0 Å². The second-order valence-corrected chi connectivity index (χ2v) is 3.84. The van der Waals surface area contributed by atoms with Crippen LogP contribution in [0.1, 0.15) is 25.7 Å². The van der Waals surface area contributed by atoms with Crippen LogP contribution in [0.2, 0.25) is 0 Å². The maximum Gasteiger partial charge on any atom is 0.322 e. The molecule has 0 radical (unpaired) electrons. The number of halogens is 3. The molecule has 0 saturated heterocycles. The van der Waals surface area contributed by atoms with E-state index in [4.69, 9.17) is 5.73 Å². The third kappa shape index (κ3) is 5.28. The number of hydrogen-bond acceptors (Lipinski definition) is 3. The van der Waals surface area contributed by atoms with Crippen LogP contribution in [-0.4, -0.2) is 25.0 Å². The van der Waals surface area contributed by atoms with Crippen molar-refractivity contribution in [2.75, 3.05) is 7.11 Å². The Morgan fingerprint density at radius 1 is 1.60 bits per heavy atom. The Morgan fingerprint density at radius 2 is 2.13 bits per heavy atom. The molecule has 1 atom stereocenters. The summed E-state index contributed by atoms with van der Waals surface area (Å²) in [6.07, 6.45) is 0.958. The molecule has 1 aliphatic carbocycles. The van der Waals surface area contributed by atoms with E-state index in [-0.39, 0.29) is 24.7 Å². The van der Waals surface area contributed by atoms with Crippen molar-refractivity contribution in [3.05, 3.63) is 0 Å². The highest BCUT2D eigenvalue weighted by atomic mass is 35.5. The van der Waals surface area contributed by atoms with Crippen LogP contribution in [0, 0.1) is 5.92 Å². The van der Waals surface area contributed by atoms with Crippen LogP contribution >= 0.6 is 12.4 Å². The van der Waals surface area contributed by atoms with Crippen LogP contribution in [0.15, 0.2) is 0 Å². The van der Waals surface area contributed by atoms with E-state index in [1.807, 2.05) is 0 Å². The summed E-state index contributed by atoms with van der Waals surface area (Å²) in [5.74, 6) is -3.50. The van der Waals surface area contributed by atoms with Gasteiger partial charge >= 0.3 is 5.97 Å². The zero-order valence-electron chi connectivity index (χ0n) is 8.54. The predicted molar refractivity (Wildman–Crippen MR) is 54.1 cm³/mol. The third-order valence-corrected chi connectivity index (χ3v) is 2.31. The smallest absolute Gasteiger partial charge is 0.322 e. The molecular weight excluding hydrogens is 228 g/mol. The van der Waals surface area contributed by atoms with Gasteiger partial charge in [0.15, 0.2) is 0 Å². The number of carbonyl (C=O) groups is 1. The average Bonchev–Trinajstić information content (AvgIpc) is 2.84. The molecule has 0 aliphatic heterocycles. The maximum atomic E-state index is 13.2. The summed E-state index contributed by atoms with van der Waals surface area (Å²) < 4.78 is 30.6. The Kier molecular flexibility index (Phi) is 5.45. The lowest BCUT2D eigenvalue weighted by molar-refractivity contribution is -0.145. The molecule has 2 N–H and O–H groups in total. The first-order valence-electron chi connectivity index (χ1n) is 4.66. The van der Waals surface area contributed by atoms with Gasteiger partial charge in [-0.15, -0.1) is 12.4 Å². The Labute approximate surface area is 93.8 Å². The monoisotopic (exact) mass is 243 g/mol. The first-order chi connectivity index (χ1) is 6.44. The maximum absolute atomic E-state index is 13.2. The minimum absolute atomic E-state index is 0. The van der Waals surface area contributed by atoms with Gasteiger partial charge in [-0.25, -0.2) is 8.78 Å². The highest BCUT2D eigenvalue weighted by Crippen LogP contribution is 2.40.